The monoisotopic (exact) mass is 359 g/mol. The molecule has 2 aromatic heterocycles. The van der Waals surface area contributed by atoms with Crippen LogP contribution < -0.4 is 10.9 Å². The van der Waals surface area contributed by atoms with Crippen LogP contribution in [0, 0.1) is 0 Å². The fourth-order valence-electron chi connectivity index (χ4n) is 2.18. The van der Waals surface area contributed by atoms with E-state index in [-0.39, 0.29) is 18.0 Å². The molecule has 0 saturated carbocycles. The van der Waals surface area contributed by atoms with Crippen molar-refractivity contribution in [3.8, 4) is 0 Å². The topological polar surface area (TPSA) is 64.0 Å². The molecule has 5 nitrogen and oxygen atoms in total. The van der Waals surface area contributed by atoms with Crippen LogP contribution in [0.3, 0.4) is 0 Å². The van der Waals surface area contributed by atoms with E-state index in [0.29, 0.717) is 16.6 Å². The van der Waals surface area contributed by atoms with Crippen molar-refractivity contribution in [2.24, 2.45) is 0 Å². The van der Waals surface area contributed by atoms with Gasteiger partial charge in [-0.2, -0.15) is 0 Å². The Kier molecular flexibility index (Phi) is 5.08. The van der Waals surface area contributed by atoms with Crippen molar-refractivity contribution in [3.05, 3.63) is 80.7 Å². The van der Waals surface area contributed by atoms with Gasteiger partial charge in [-0.15, -0.1) is 11.3 Å². The molecule has 0 fully saturated rings. The van der Waals surface area contributed by atoms with Gasteiger partial charge in [0.25, 0.3) is 5.56 Å². The van der Waals surface area contributed by atoms with Gasteiger partial charge in [-0.05, 0) is 17.7 Å². The Morgan fingerprint density at radius 3 is 2.79 bits per heavy atom. The first kappa shape index (κ1) is 16.4. The molecule has 24 heavy (non-hydrogen) atoms. The number of pyridine rings is 1. The molecule has 0 aliphatic carbocycles. The smallest absolute Gasteiger partial charge is 0.250 e. The van der Waals surface area contributed by atoms with Crippen molar-refractivity contribution in [3.63, 3.8) is 0 Å². The maximum Gasteiger partial charge on any atom is 0.250 e. The first-order valence-electron chi connectivity index (χ1n) is 7.25. The predicted molar refractivity (Wildman–Crippen MR) is 95.7 cm³/mol. The molecule has 0 saturated heterocycles. The third-order valence-electron chi connectivity index (χ3n) is 3.34. The fraction of sp³-hybridized carbons (Fsp3) is 0.118. The van der Waals surface area contributed by atoms with E-state index in [1.807, 2.05) is 24.3 Å². The Hall–Kier alpha value is -2.44. The lowest BCUT2D eigenvalue weighted by Gasteiger charge is -2.04. The van der Waals surface area contributed by atoms with Crippen LogP contribution in [0.5, 0.6) is 0 Å². The highest BCUT2D eigenvalue weighted by Crippen LogP contribution is 2.24. The number of halogens is 1. The van der Waals surface area contributed by atoms with Crippen LogP contribution in [-0.2, 0) is 17.8 Å². The SMILES string of the molecule is O=C(Cn1ccccc1=O)Nc1ncc(Cc2ccccc2Cl)s1. The number of nitrogens with one attached hydrogen (secondary N) is 1. The molecule has 0 unspecified atom stereocenters. The Labute approximate surface area is 147 Å². The highest BCUT2D eigenvalue weighted by atomic mass is 35.5. The molecule has 3 rings (SSSR count). The average Bonchev–Trinajstić information content (AvgIpc) is 2.99. The number of aromatic nitrogens is 2. The van der Waals surface area contributed by atoms with E-state index in [9.17, 15) is 9.59 Å². The van der Waals surface area contributed by atoms with Crippen molar-refractivity contribution in [1.29, 1.82) is 0 Å². The lowest BCUT2D eigenvalue weighted by Crippen LogP contribution is -2.26. The fourth-order valence-corrected chi connectivity index (χ4v) is 3.24. The summed E-state index contributed by atoms with van der Waals surface area (Å²) in [6, 6.07) is 12.4. The largest absolute Gasteiger partial charge is 0.306 e. The van der Waals surface area contributed by atoms with Gasteiger partial charge in [0, 0.05) is 34.8 Å². The number of carbonyl (C=O) groups excluding carboxylic acids is 1. The van der Waals surface area contributed by atoms with Crippen molar-refractivity contribution < 1.29 is 4.79 Å². The van der Waals surface area contributed by atoms with Gasteiger partial charge in [0.1, 0.15) is 6.54 Å². The predicted octanol–water partition coefficient (Wildman–Crippen LogP) is 3.19. The molecule has 0 spiro atoms. The second-order valence-corrected chi connectivity index (χ2v) is 6.64. The number of thiazole rings is 1. The molecule has 1 N–H and O–H groups in total. The van der Waals surface area contributed by atoms with Gasteiger partial charge in [0.2, 0.25) is 5.91 Å². The average molecular weight is 360 g/mol. The summed E-state index contributed by atoms with van der Waals surface area (Å²) >= 11 is 7.54. The molecule has 0 atom stereocenters. The molecule has 1 amide bonds. The minimum atomic E-state index is -0.290. The van der Waals surface area contributed by atoms with E-state index in [0.717, 1.165) is 10.4 Å². The zero-order valence-electron chi connectivity index (χ0n) is 12.6. The number of anilines is 1. The lowest BCUT2D eigenvalue weighted by molar-refractivity contribution is -0.116. The van der Waals surface area contributed by atoms with Crippen molar-refractivity contribution in [1.82, 2.24) is 9.55 Å². The zero-order valence-corrected chi connectivity index (χ0v) is 14.2. The molecular weight excluding hydrogens is 346 g/mol. The highest BCUT2D eigenvalue weighted by molar-refractivity contribution is 7.15. The summed E-state index contributed by atoms with van der Waals surface area (Å²) in [5, 5.41) is 3.93. The van der Waals surface area contributed by atoms with E-state index in [1.165, 1.54) is 22.0 Å². The first-order chi connectivity index (χ1) is 11.6. The summed E-state index contributed by atoms with van der Waals surface area (Å²) in [6.45, 7) is -0.0426. The highest BCUT2D eigenvalue weighted by Gasteiger charge is 2.09. The standard InChI is InChI=1S/C17H14ClN3O2S/c18-14-6-2-1-5-12(14)9-13-10-19-17(24-13)20-15(22)11-21-8-4-3-7-16(21)23/h1-8,10H,9,11H2,(H,19,20,22). The van der Waals surface area contributed by atoms with Gasteiger partial charge in [-0.3, -0.25) is 9.59 Å². The van der Waals surface area contributed by atoms with E-state index in [2.05, 4.69) is 10.3 Å². The molecule has 0 bridgehead atoms. The number of hydrogen-bond acceptors (Lipinski definition) is 4. The van der Waals surface area contributed by atoms with Crippen LogP contribution >= 0.6 is 22.9 Å². The van der Waals surface area contributed by atoms with Crippen LogP contribution in [0.4, 0.5) is 5.13 Å². The second kappa shape index (κ2) is 7.42. The third kappa shape index (κ3) is 4.10. The summed E-state index contributed by atoms with van der Waals surface area (Å²) in [6.07, 6.45) is 3.95. The van der Waals surface area contributed by atoms with Gasteiger partial charge in [0.15, 0.2) is 5.13 Å². The van der Waals surface area contributed by atoms with Gasteiger partial charge in [0.05, 0.1) is 0 Å². The zero-order chi connectivity index (χ0) is 16.9. The van der Waals surface area contributed by atoms with Gasteiger partial charge in [-0.25, -0.2) is 4.98 Å². The Balaban J connectivity index is 1.64. The summed E-state index contributed by atoms with van der Waals surface area (Å²) in [7, 11) is 0. The molecule has 0 radical (unpaired) electrons. The minimum Gasteiger partial charge on any atom is -0.306 e. The summed E-state index contributed by atoms with van der Waals surface area (Å²) in [4.78, 5) is 28.8. The number of nitrogens with zero attached hydrogens (tertiary/aromatic N) is 2. The molecule has 2 heterocycles. The van der Waals surface area contributed by atoms with Crippen LogP contribution in [0.2, 0.25) is 5.02 Å². The van der Waals surface area contributed by atoms with Crippen molar-refractivity contribution >= 4 is 34.0 Å². The van der Waals surface area contributed by atoms with Crippen LogP contribution in [0.15, 0.2) is 59.7 Å². The molecule has 122 valence electrons. The molecule has 3 aromatic rings. The van der Waals surface area contributed by atoms with Crippen LogP contribution in [0.1, 0.15) is 10.4 Å². The third-order valence-corrected chi connectivity index (χ3v) is 4.62. The quantitative estimate of drug-likeness (QED) is 0.761. The van der Waals surface area contributed by atoms with E-state index in [1.54, 1.807) is 24.5 Å². The lowest BCUT2D eigenvalue weighted by atomic mass is 10.1. The number of carbonyl (C=O) groups is 1. The summed E-state index contributed by atoms with van der Waals surface area (Å²) in [5.74, 6) is -0.290. The molecule has 0 aliphatic rings. The summed E-state index contributed by atoms with van der Waals surface area (Å²) in [5.41, 5.74) is 0.794. The Morgan fingerprint density at radius 1 is 1.21 bits per heavy atom. The van der Waals surface area contributed by atoms with Gasteiger partial charge < -0.3 is 9.88 Å². The van der Waals surface area contributed by atoms with Crippen molar-refractivity contribution in [2.75, 3.05) is 5.32 Å². The number of rotatable bonds is 5. The maximum atomic E-state index is 12.0. The first-order valence-corrected chi connectivity index (χ1v) is 8.45. The number of amides is 1. The van der Waals surface area contributed by atoms with Crippen LogP contribution in [0.25, 0.3) is 0 Å². The number of hydrogen-bond donors (Lipinski definition) is 1. The molecule has 0 aliphatic heterocycles. The molecular formula is C17H14ClN3O2S. The second-order valence-electron chi connectivity index (χ2n) is 5.11. The van der Waals surface area contributed by atoms with E-state index < -0.39 is 0 Å². The molecule has 7 heteroatoms. The minimum absolute atomic E-state index is 0.0426. The van der Waals surface area contributed by atoms with E-state index >= 15 is 0 Å². The normalized spacial score (nSPS) is 10.5. The maximum absolute atomic E-state index is 12.0. The Bertz CT molecular complexity index is 920. The number of benzene rings is 1. The molecule has 1 aromatic carbocycles. The van der Waals surface area contributed by atoms with Gasteiger partial charge in [-0.1, -0.05) is 35.9 Å². The van der Waals surface area contributed by atoms with Crippen LogP contribution in [-0.4, -0.2) is 15.5 Å². The Morgan fingerprint density at radius 2 is 2.00 bits per heavy atom. The summed E-state index contributed by atoms with van der Waals surface area (Å²) < 4.78 is 1.34. The van der Waals surface area contributed by atoms with E-state index in [4.69, 9.17) is 11.6 Å². The van der Waals surface area contributed by atoms with Gasteiger partial charge >= 0.3 is 0 Å². The van der Waals surface area contributed by atoms with Crippen molar-refractivity contribution in [2.45, 2.75) is 13.0 Å².